The van der Waals surface area contributed by atoms with Gasteiger partial charge in [-0.2, -0.15) is 0 Å². The summed E-state index contributed by atoms with van der Waals surface area (Å²) in [4.78, 5) is 35.7. The Hall–Kier alpha value is -2.09. The van der Waals surface area contributed by atoms with Crippen LogP contribution in [-0.2, 0) is 14.4 Å². The molecule has 180 valence electrons. The lowest BCUT2D eigenvalue weighted by Crippen LogP contribution is -2.50. The van der Waals surface area contributed by atoms with Crippen LogP contribution in [0, 0.1) is 0 Å². The third kappa shape index (κ3) is 13.8. The molecule has 0 rings (SSSR count). The molecule has 5 N–H and O–H groups in total. The summed E-state index contributed by atoms with van der Waals surface area (Å²) in [5, 5.41) is 33.1. The summed E-state index contributed by atoms with van der Waals surface area (Å²) >= 11 is 0. The first-order valence-corrected chi connectivity index (χ1v) is 11.7. The number of amides is 2. The maximum Gasteiger partial charge on any atom is 0.328 e. The van der Waals surface area contributed by atoms with Crippen LogP contribution in [0.1, 0.15) is 104 Å². The number of carboxylic acid groups (broad SMARTS) is 1. The van der Waals surface area contributed by atoms with E-state index >= 15 is 0 Å². The Morgan fingerprint density at radius 3 is 1.71 bits per heavy atom. The molecule has 0 aromatic carbocycles. The molecule has 8 nitrogen and oxygen atoms in total. The summed E-state index contributed by atoms with van der Waals surface area (Å²) in [7, 11) is 0. The Morgan fingerprint density at radius 2 is 1.29 bits per heavy atom. The summed E-state index contributed by atoms with van der Waals surface area (Å²) in [6.07, 6.45) is 11.7. The molecule has 2 unspecified atom stereocenters. The molecule has 0 radical (unpaired) electrons. The van der Waals surface area contributed by atoms with Crippen molar-refractivity contribution in [3.05, 3.63) is 11.5 Å². The molecule has 0 aliphatic carbocycles. The molecule has 0 heterocycles. The van der Waals surface area contributed by atoms with Crippen LogP contribution >= 0.6 is 0 Å². The van der Waals surface area contributed by atoms with Crippen molar-refractivity contribution >= 4 is 17.8 Å². The number of nitrogens with one attached hydrogen (secondary N) is 2. The molecule has 2 amide bonds. The first-order chi connectivity index (χ1) is 14.7. The molecule has 0 aliphatic rings. The fraction of sp³-hybridized carbons (Fsp3) is 0.783. The molecule has 0 spiro atoms. The van der Waals surface area contributed by atoms with Crippen LogP contribution in [0.3, 0.4) is 0 Å². The number of unbranched alkanes of at least 4 members (excludes halogenated alkanes) is 10. The van der Waals surface area contributed by atoms with E-state index in [9.17, 15) is 24.6 Å². The predicted molar refractivity (Wildman–Crippen MR) is 120 cm³/mol. The Bertz CT molecular complexity index is 574. The van der Waals surface area contributed by atoms with Gasteiger partial charge in [0.15, 0.2) is 6.04 Å². The van der Waals surface area contributed by atoms with Gasteiger partial charge in [0.05, 0.1) is 6.10 Å². The van der Waals surface area contributed by atoms with Gasteiger partial charge in [0, 0.05) is 12.8 Å². The molecular formula is C23H42N2O6. The van der Waals surface area contributed by atoms with Crippen molar-refractivity contribution in [2.24, 2.45) is 0 Å². The average Bonchev–Trinajstić information content (AvgIpc) is 2.72. The van der Waals surface area contributed by atoms with Gasteiger partial charge in [-0.15, -0.1) is 0 Å². The smallest absolute Gasteiger partial charge is 0.328 e. The van der Waals surface area contributed by atoms with Gasteiger partial charge in [0.1, 0.15) is 11.5 Å². The molecule has 0 fully saturated rings. The van der Waals surface area contributed by atoms with Crippen LogP contribution in [-0.4, -0.2) is 45.2 Å². The highest BCUT2D eigenvalue weighted by Gasteiger charge is 2.28. The molecule has 0 aromatic rings. The maximum atomic E-state index is 12.3. The zero-order valence-corrected chi connectivity index (χ0v) is 19.4. The second kappa shape index (κ2) is 17.6. The number of aliphatic hydroxyl groups is 2. The van der Waals surface area contributed by atoms with Crippen LogP contribution in [0.2, 0.25) is 0 Å². The highest BCUT2D eigenvalue weighted by atomic mass is 16.4. The zero-order valence-electron chi connectivity index (χ0n) is 19.4. The Labute approximate surface area is 186 Å². The second-order valence-electron chi connectivity index (χ2n) is 8.04. The molecule has 0 aromatic heterocycles. The number of aliphatic hydroxyl groups excluding tert-OH is 2. The Balaban J connectivity index is 4.30. The van der Waals surface area contributed by atoms with Crippen LogP contribution < -0.4 is 10.6 Å². The van der Waals surface area contributed by atoms with Crippen molar-refractivity contribution in [2.75, 3.05) is 0 Å². The van der Waals surface area contributed by atoms with Crippen LogP contribution in [0.15, 0.2) is 11.5 Å². The highest BCUT2D eigenvalue weighted by molar-refractivity contribution is 5.99. The minimum Gasteiger partial charge on any atom is -0.510 e. The van der Waals surface area contributed by atoms with E-state index in [0.717, 1.165) is 19.3 Å². The number of hydrogen-bond donors (Lipinski definition) is 5. The van der Waals surface area contributed by atoms with E-state index in [1.165, 1.54) is 51.9 Å². The van der Waals surface area contributed by atoms with E-state index in [4.69, 9.17) is 5.11 Å². The van der Waals surface area contributed by atoms with E-state index in [-0.39, 0.29) is 24.3 Å². The molecule has 2 atom stereocenters. The SMILES string of the molecule is CCCCCCCCCCCCCC(=O)N/C(C(=O)NC(C(=O)O)C(C)O)=C(/O)CC. The van der Waals surface area contributed by atoms with Crippen LogP contribution in [0.5, 0.6) is 0 Å². The van der Waals surface area contributed by atoms with Gasteiger partial charge in [-0.05, 0) is 13.3 Å². The van der Waals surface area contributed by atoms with E-state index in [1.54, 1.807) is 6.92 Å². The standard InChI is InChI=1S/C23H42N2O6/c1-4-6-7-8-9-10-11-12-13-14-15-16-19(28)24-21(18(27)5-2)22(29)25-20(17(3)26)23(30)31/h17,20,26-27H,4-16H2,1-3H3,(H,24,28)(H,25,29)(H,30,31)/b21-18+. The summed E-state index contributed by atoms with van der Waals surface area (Å²) in [5.74, 6) is -3.12. The Morgan fingerprint density at radius 1 is 0.806 bits per heavy atom. The van der Waals surface area contributed by atoms with Crippen molar-refractivity contribution < 1.29 is 29.7 Å². The normalized spacial score (nSPS) is 13.8. The van der Waals surface area contributed by atoms with Gasteiger partial charge >= 0.3 is 5.97 Å². The van der Waals surface area contributed by atoms with Gasteiger partial charge in [-0.1, -0.05) is 78.1 Å². The Kier molecular flexibility index (Phi) is 16.4. The quantitative estimate of drug-likeness (QED) is 0.124. The van der Waals surface area contributed by atoms with Crippen molar-refractivity contribution in [3.8, 4) is 0 Å². The largest absolute Gasteiger partial charge is 0.510 e. The summed E-state index contributed by atoms with van der Waals surface area (Å²) in [6, 6.07) is -1.55. The third-order valence-corrected chi connectivity index (χ3v) is 5.16. The number of carboxylic acids is 1. The third-order valence-electron chi connectivity index (χ3n) is 5.16. The molecule has 0 aliphatic heterocycles. The van der Waals surface area contributed by atoms with Crippen molar-refractivity contribution in [2.45, 2.75) is 116 Å². The van der Waals surface area contributed by atoms with Gasteiger partial charge in [0.25, 0.3) is 5.91 Å². The zero-order chi connectivity index (χ0) is 23.6. The lowest BCUT2D eigenvalue weighted by Gasteiger charge is -2.19. The molecule has 31 heavy (non-hydrogen) atoms. The van der Waals surface area contributed by atoms with Crippen LogP contribution in [0.25, 0.3) is 0 Å². The highest BCUT2D eigenvalue weighted by Crippen LogP contribution is 2.12. The van der Waals surface area contributed by atoms with Crippen molar-refractivity contribution in [1.29, 1.82) is 0 Å². The average molecular weight is 443 g/mol. The lowest BCUT2D eigenvalue weighted by molar-refractivity contribution is -0.144. The van der Waals surface area contributed by atoms with Gasteiger partial charge in [-0.3, -0.25) is 9.59 Å². The molecule has 0 bridgehead atoms. The number of carbonyl (C=O) groups excluding carboxylic acids is 2. The molecule has 0 saturated carbocycles. The van der Waals surface area contributed by atoms with Crippen molar-refractivity contribution in [1.82, 2.24) is 10.6 Å². The summed E-state index contributed by atoms with van der Waals surface area (Å²) in [6.45, 7) is 5.04. The molecular weight excluding hydrogens is 400 g/mol. The lowest BCUT2D eigenvalue weighted by atomic mass is 10.1. The van der Waals surface area contributed by atoms with E-state index in [1.807, 2.05) is 0 Å². The monoisotopic (exact) mass is 442 g/mol. The topological polar surface area (TPSA) is 136 Å². The first kappa shape index (κ1) is 28.9. The fourth-order valence-corrected chi connectivity index (χ4v) is 3.19. The number of allylic oxidation sites excluding steroid dienone is 1. The predicted octanol–water partition coefficient (Wildman–Crippen LogP) is 3.93. The fourth-order valence-electron chi connectivity index (χ4n) is 3.19. The number of carbonyl (C=O) groups is 3. The second-order valence-corrected chi connectivity index (χ2v) is 8.04. The van der Waals surface area contributed by atoms with Gasteiger partial charge < -0.3 is 26.0 Å². The number of rotatable bonds is 18. The maximum absolute atomic E-state index is 12.3. The van der Waals surface area contributed by atoms with Gasteiger partial charge in [-0.25, -0.2) is 4.79 Å². The number of hydrogen-bond acceptors (Lipinski definition) is 5. The summed E-state index contributed by atoms with van der Waals surface area (Å²) in [5.41, 5.74) is -0.373. The molecule has 8 heteroatoms. The van der Waals surface area contributed by atoms with E-state index < -0.39 is 29.9 Å². The minimum atomic E-state index is -1.55. The van der Waals surface area contributed by atoms with Crippen LogP contribution in [0.4, 0.5) is 0 Å². The number of aliphatic carboxylic acids is 1. The minimum absolute atomic E-state index is 0.0912. The van der Waals surface area contributed by atoms with E-state index in [0.29, 0.717) is 6.42 Å². The first-order valence-electron chi connectivity index (χ1n) is 11.7. The summed E-state index contributed by atoms with van der Waals surface area (Å²) < 4.78 is 0. The molecule has 0 saturated heterocycles. The van der Waals surface area contributed by atoms with E-state index in [2.05, 4.69) is 17.6 Å². The van der Waals surface area contributed by atoms with Crippen molar-refractivity contribution in [3.63, 3.8) is 0 Å². The van der Waals surface area contributed by atoms with Gasteiger partial charge in [0.2, 0.25) is 5.91 Å².